The molecule has 0 aromatic carbocycles. The van der Waals surface area contributed by atoms with E-state index < -0.39 is 0 Å². The Labute approximate surface area is 97.9 Å². The topological polar surface area (TPSA) is 64.4 Å². The Bertz CT molecular complexity index is 218. The molecule has 1 aliphatic rings. The van der Waals surface area contributed by atoms with E-state index in [0.717, 1.165) is 32.3 Å². The molecule has 94 valence electrons. The number of carbonyl (C=O) groups excluding carboxylic acids is 1. The van der Waals surface area contributed by atoms with Crippen LogP contribution in [0.25, 0.3) is 0 Å². The lowest BCUT2D eigenvalue weighted by Crippen LogP contribution is -2.35. The second kappa shape index (κ2) is 6.21. The van der Waals surface area contributed by atoms with Crippen LogP contribution in [-0.2, 0) is 9.53 Å². The predicted octanol–water partition coefficient (Wildman–Crippen LogP) is 1.19. The Balaban J connectivity index is 2.01. The molecular weight excluding hydrogens is 204 g/mol. The van der Waals surface area contributed by atoms with Crippen LogP contribution >= 0.6 is 0 Å². The summed E-state index contributed by atoms with van der Waals surface area (Å²) < 4.78 is 5.48. The Hall–Kier alpha value is -0.610. The first-order valence-electron chi connectivity index (χ1n) is 6.14. The maximum atomic E-state index is 11.5. The third kappa shape index (κ3) is 6.08. The van der Waals surface area contributed by atoms with Crippen LogP contribution in [0, 0.1) is 0 Å². The number of hydrogen-bond acceptors (Lipinski definition) is 3. The summed E-state index contributed by atoms with van der Waals surface area (Å²) in [4.78, 5) is 11.5. The lowest BCUT2D eigenvalue weighted by Gasteiger charge is -2.17. The van der Waals surface area contributed by atoms with Gasteiger partial charge in [0.2, 0.25) is 5.91 Å². The number of nitrogens with one attached hydrogen (secondary N) is 1. The SMILES string of the molecule is CC(C)(N)CCC(=O)NCCC1CCCO1. The van der Waals surface area contributed by atoms with Gasteiger partial charge in [-0.1, -0.05) is 0 Å². The van der Waals surface area contributed by atoms with Crippen molar-refractivity contribution in [3.8, 4) is 0 Å². The van der Waals surface area contributed by atoms with Crippen molar-refractivity contribution >= 4 is 5.91 Å². The summed E-state index contributed by atoms with van der Waals surface area (Å²) in [7, 11) is 0. The molecule has 1 rings (SSSR count). The Morgan fingerprint density at radius 3 is 2.88 bits per heavy atom. The average Bonchev–Trinajstić information content (AvgIpc) is 2.66. The van der Waals surface area contributed by atoms with Crippen LogP contribution in [0.5, 0.6) is 0 Å². The van der Waals surface area contributed by atoms with Crippen LogP contribution in [0.2, 0.25) is 0 Å². The summed E-state index contributed by atoms with van der Waals surface area (Å²) in [6, 6.07) is 0. The van der Waals surface area contributed by atoms with Crippen LogP contribution in [0.1, 0.15) is 46.0 Å². The maximum absolute atomic E-state index is 11.5. The van der Waals surface area contributed by atoms with Crippen molar-refractivity contribution in [2.24, 2.45) is 5.73 Å². The summed E-state index contributed by atoms with van der Waals surface area (Å²) in [5, 5.41) is 2.91. The maximum Gasteiger partial charge on any atom is 0.220 e. The van der Waals surface area contributed by atoms with E-state index in [-0.39, 0.29) is 11.4 Å². The van der Waals surface area contributed by atoms with E-state index >= 15 is 0 Å². The fourth-order valence-corrected chi connectivity index (χ4v) is 1.77. The van der Waals surface area contributed by atoms with E-state index in [2.05, 4.69) is 5.32 Å². The molecule has 0 aromatic heterocycles. The van der Waals surface area contributed by atoms with E-state index in [0.29, 0.717) is 19.1 Å². The second-order valence-electron chi connectivity index (χ2n) is 5.26. The molecular formula is C12H24N2O2. The molecule has 4 nitrogen and oxygen atoms in total. The van der Waals surface area contributed by atoms with Crippen molar-refractivity contribution in [3.05, 3.63) is 0 Å². The first kappa shape index (κ1) is 13.5. The molecule has 1 fully saturated rings. The van der Waals surface area contributed by atoms with E-state index in [9.17, 15) is 4.79 Å². The molecule has 0 spiro atoms. The smallest absolute Gasteiger partial charge is 0.220 e. The summed E-state index contributed by atoms with van der Waals surface area (Å²) in [5.41, 5.74) is 5.55. The molecule has 1 unspecified atom stereocenters. The van der Waals surface area contributed by atoms with Crippen LogP contribution in [0.3, 0.4) is 0 Å². The van der Waals surface area contributed by atoms with Gasteiger partial charge < -0.3 is 15.8 Å². The van der Waals surface area contributed by atoms with Crippen LogP contribution < -0.4 is 11.1 Å². The largest absolute Gasteiger partial charge is 0.378 e. The minimum absolute atomic E-state index is 0.0940. The first-order chi connectivity index (χ1) is 7.47. The van der Waals surface area contributed by atoms with Crippen molar-refractivity contribution in [3.63, 3.8) is 0 Å². The standard InChI is InChI=1S/C12H24N2O2/c1-12(2,13)7-5-11(15)14-8-6-10-4-3-9-16-10/h10H,3-9,13H2,1-2H3,(H,14,15). The number of carbonyl (C=O) groups is 1. The number of rotatable bonds is 6. The van der Waals surface area contributed by atoms with E-state index in [1.165, 1.54) is 0 Å². The zero-order valence-electron chi connectivity index (χ0n) is 10.4. The molecule has 0 aliphatic carbocycles. The molecule has 0 saturated carbocycles. The van der Waals surface area contributed by atoms with Gasteiger partial charge in [0.25, 0.3) is 0 Å². The van der Waals surface area contributed by atoms with Gasteiger partial charge in [0.1, 0.15) is 0 Å². The van der Waals surface area contributed by atoms with Gasteiger partial charge in [0.05, 0.1) is 6.10 Å². The summed E-state index contributed by atoms with van der Waals surface area (Å²) in [6.07, 6.45) is 4.79. The molecule has 0 bridgehead atoms. The normalized spacial score (nSPS) is 21.1. The second-order valence-corrected chi connectivity index (χ2v) is 5.26. The number of amides is 1. The molecule has 0 radical (unpaired) electrons. The van der Waals surface area contributed by atoms with Crippen molar-refractivity contribution in [1.82, 2.24) is 5.32 Å². The zero-order chi connectivity index (χ0) is 12.0. The predicted molar refractivity (Wildman–Crippen MR) is 64.1 cm³/mol. The molecule has 1 aliphatic heterocycles. The van der Waals surface area contributed by atoms with Crippen molar-refractivity contribution < 1.29 is 9.53 Å². The monoisotopic (exact) mass is 228 g/mol. The van der Waals surface area contributed by atoms with Gasteiger partial charge >= 0.3 is 0 Å². The lowest BCUT2D eigenvalue weighted by atomic mass is 10.00. The zero-order valence-corrected chi connectivity index (χ0v) is 10.4. The molecule has 4 heteroatoms. The third-order valence-electron chi connectivity index (χ3n) is 2.81. The highest BCUT2D eigenvalue weighted by Crippen LogP contribution is 2.14. The summed E-state index contributed by atoms with van der Waals surface area (Å²) >= 11 is 0. The molecule has 1 atom stereocenters. The van der Waals surface area contributed by atoms with Crippen molar-refractivity contribution in [2.45, 2.75) is 57.6 Å². The molecule has 0 aromatic rings. The van der Waals surface area contributed by atoms with Gasteiger partial charge in [0.15, 0.2) is 0 Å². The van der Waals surface area contributed by atoms with Gasteiger partial charge in [0, 0.05) is 25.1 Å². The van der Waals surface area contributed by atoms with Crippen LogP contribution in [0.15, 0.2) is 0 Å². The van der Waals surface area contributed by atoms with E-state index in [4.69, 9.17) is 10.5 Å². The first-order valence-corrected chi connectivity index (χ1v) is 6.14. The number of hydrogen-bond donors (Lipinski definition) is 2. The Kier molecular flexibility index (Phi) is 5.22. The van der Waals surface area contributed by atoms with E-state index in [1.54, 1.807) is 0 Å². The number of nitrogens with two attached hydrogens (primary N) is 1. The Morgan fingerprint density at radius 1 is 1.56 bits per heavy atom. The fourth-order valence-electron chi connectivity index (χ4n) is 1.77. The van der Waals surface area contributed by atoms with Crippen LogP contribution in [-0.4, -0.2) is 30.7 Å². The minimum Gasteiger partial charge on any atom is -0.378 e. The highest BCUT2D eigenvalue weighted by Gasteiger charge is 2.16. The molecule has 3 N–H and O–H groups in total. The van der Waals surface area contributed by atoms with Gasteiger partial charge in [-0.25, -0.2) is 0 Å². The molecule has 1 amide bonds. The third-order valence-corrected chi connectivity index (χ3v) is 2.81. The van der Waals surface area contributed by atoms with Crippen LogP contribution in [0.4, 0.5) is 0 Å². The quantitative estimate of drug-likeness (QED) is 0.717. The van der Waals surface area contributed by atoms with Crippen molar-refractivity contribution in [1.29, 1.82) is 0 Å². The summed E-state index contributed by atoms with van der Waals surface area (Å²) in [5.74, 6) is 0.0940. The lowest BCUT2D eigenvalue weighted by molar-refractivity contribution is -0.121. The molecule has 16 heavy (non-hydrogen) atoms. The van der Waals surface area contributed by atoms with Gasteiger partial charge in [-0.2, -0.15) is 0 Å². The van der Waals surface area contributed by atoms with E-state index in [1.807, 2.05) is 13.8 Å². The molecule has 1 heterocycles. The average molecular weight is 228 g/mol. The Morgan fingerprint density at radius 2 is 2.31 bits per heavy atom. The number of ether oxygens (including phenoxy) is 1. The molecule has 1 saturated heterocycles. The minimum atomic E-state index is -0.258. The van der Waals surface area contributed by atoms with Crippen molar-refractivity contribution in [2.75, 3.05) is 13.2 Å². The summed E-state index contributed by atoms with van der Waals surface area (Å²) in [6.45, 7) is 5.47. The highest BCUT2D eigenvalue weighted by molar-refractivity contribution is 5.75. The van der Waals surface area contributed by atoms with Gasteiger partial charge in [-0.3, -0.25) is 4.79 Å². The van der Waals surface area contributed by atoms with Gasteiger partial charge in [-0.05, 0) is 39.5 Å². The fraction of sp³-hybridized carbons (Fsp3) is 0.917. The highest BCUT2D eigenvalue weighted by atomic mass is 16.5. The van der Waals surface area contributed by atoms with Gasteiger partial charge in [-0.15, -0.1) is 0 Å².